The van der Waals surface area contributed by atoms with Gasteiger partial charge in [-0.25, -0.2) is 4.79 Å². The third-order valence-corrected chi connectivity index (χ3v) is 2.97. The average Bonchev–Trinajstić information content (AvgIpc) is 2.72. The lowest BCUT2D eigenvalue weighted by Gasteiger charge is -2.36. The minimum Gasteiger partial charge on any atom is -0.444 e. The minimum atomic E-state index is -0.517. The Balaban J connectivity index is 2.17. The number of amides is 1. The van der Waals surface area contributed by atoms with Gasteiger partial charge in [0.15, 0.2) is 0 Å². The maximum atomic E-state index is 12.1. The number of aliphatic hydroxyl groups excluding tert-OH is 1. The Morgan fingerprint density at radius 2 is 2.22 bits per heavy atom. The summed E-state index contributed by atoms with van der Waals surface area (Å²) in [4.78, 5) is 13.7. The van der Waals surface area contributed by atoms with Gasteiger partial charge in [-0.3, -0.25) is 4.90 Å². The number of hydrogen-bond donors (Lipinski definition) is 1. The third-order valence-electron chi connectivity index (χ3n) is 2.97. The van der Waals surface area contributed by atoms with Gasteiger partial charge in [0.2, 0.25) is 0 Å². The van der Waals surface area contributed by atoms with Crippen molar-refractivity contribution in [2.75, 3.05) is 13.2 Å². The lowest BCUT2D eigenvalue weighted by Crippen LogP contribution is -2.45. The zero-order chi connectivity index (χ0) is 13.3. The van der Waals surface area contributed by atoms with E-state index in [1.807, 2.05) is 39.1 Å². The van der Waals surface area contributed by atoms with Gasteiger partial charge in [0.1, 0.15) is 5.60 Å². The summed E-state index contributed by atoms with van der Waals surface area (Å²) in [6, 6.07) is 3.54. The summed E-state index contributed by atoms with van der Waals surface area (Å²) in [6.45, 7) is 6.71. The van der Waals surface area contributed by atoms with Crippen LogP contribution in [0, 0.1) is 0 Å². The molecular weight excluding hydrogens is 232 g/mol. The first kappa shape index (κ1) is 13.0. The van der Waals surface area contributed by atoms with Crippen LogP contribution in [0.25, 0.3) is 0 Å². The van der Waals surface area contributed by atoms with Crippen molar-refractivity contribution in [2.24, 2.45) is 0 Å². The zero-order valence-electron chi connectivity index (χ0n) is 11.1. The molecule has 1 N–H and O–H groups in total. The second kappa shape index (κ2) is 4.65. The number of aliphatic hydroxyl groups is 1. The van der Waals surface area contributed by atoms with Gasteiger partial charge in [-0.2, -0.15) is 0 Å². The van der Waals surface area contributed by atoms with Crippen LogP contribution in [0.2, 0.25) is 0 Å². The summed E-state index contributed by atoms with van der Waals surface area (Å²) >= 11 is 0. The zero-order valence-corrected chi connectivity index (χ0v) is 11.1. The SMILES string of the molecule is CC(C)(C)OC(=O)N1CCn2cccc2[C@@H]1CO. The Morgan fingerprint density at radius 3 is 2.83 bits per heavy atom. The van der Waals surface area contributed by atoms with Crippen LogP contribution in [0.1, 0.15) is 32.5 Å². The molecule has 1 aliphatic heterocycles. The summed E-state index contributed by atoms with van der Waals surface area (Å²) in [6.07, 6.45) is 1.60. The quantitative estimate of drug-likeness (QED) is 0.828. The predicted octanol–water partition coefficient (Wildman–Crippen LogP) is 1.77. The van der Waals surface area contributed by atoms with Crippen LogP contribution in [0.15, 0.2) is 18.3 Å². The lowest BCUT2D eigenvalue weighted by molar-refractivity contribution is 0.00267. The first-order valence-electron chi connectivity index (χ1n) is 6.18. The van der Waals surface area contributed by atoms with Crippen LogP contribution in [0.3, 0.4) is 0 Å². The molecule has 0 radical (unpaired) electrons. The number of ether oxygens (including phenoxy) is 1. The Bertz CT molecular complexity index is 434. The highest BCUT2D eigenvalue weighted by Gasteiger charge is 2.33. The standard InChI is InChI=1S/C13H20N2O3/c1-13(2,3)18-12(17)15-8-7-14-6-4-5-10(14)11(15)9-16/h4-6,11,16H,7-9H2,1-3H3/t11-/m0/s1. The number of hydrogen-bond acceptors (Lipinski definition) is 3. The minimum absolute atomic E-state index is 0.0940. The fraction of sp³-hybridized carbons (Fsp3) is 0.615. The van der Waals surface area contributed by atoms with Crippen LogP contribution < -0.4 is 0 Å². The molecule has 0 unspecified atom stereocenters. The smallest absolute Gasteiger partial charge is 0.410 e. The van der Waals surface area contributed by atoms with Gasteiger partial charge >= 0.3 is 6.09 Å². The molecule has 0 aromatic carbocycles. The topological polar surface area (TPSA) is 54.7 Å². The lowest BCUT2D eigenvalue weighted by atomic mass is 10.1. The highest BCUT2D eigenvalue weighted by molar-refractivity contribution is 5.69. The fourth-order valence-corrected chi connectivity index (χ4v) is 2.20. The maximum Gasteiger partial charge on any atom is 0.410 e. The van der Waals surface area contributed by atoms with Crippen molar-refractivity contribution in [1.82, 2.24) is 9.47 Å². The molecule has 0 bridgehead atoms. The number of carbonyl (C=O) groups is 1. The third kappa shape index (κ3) is 2.51. The van der Waals surface area contributed by atoms with E-state index in [4.69, 9.17) is 4.74 Å². The highest BCUT2D eigenvalue weighted by Crippen LogP contribution is 2.27. The Morgan fingerprint density at radius 1 is 1.50 bits per heavy atom. The number of fused-ring (bicyclic) bond motifs is 1. The monoisotopic (exact) mass is 252 g/mol. The van der Waals surface area contributed by atoms with E-state index in [2.05, 4.69) is 4.57 Å². The average molecular weight is 252 g/mol. The van der Waals surface area contributed by atoms with E-state index in [0.29, 0.717) is 6.54 Å². The van der Waals surface area contributed by atoms with E-state index in [9.17, 15) is 9.90 Å². The van der Waals surface area contributed by atoms with Gasteiger partial charge in [-0.05, 0) is 32.9 Å². The molecule has 2 heterocycles. The molecule has 2 rings (SSSR count). The molecule has 5 heteroatoms. The molecule has 18 heavy (non-hydrogen) atoms. The van der Waals surface area contributed by atoms with E-state index in [1.54, 1.807) is 4.90 Å². The van der Waals surface area contributed by atoms with E-state index in [0.717, 1.165) is 12.2 Å². The Hall–Kier alpha value is -1.49. The second-order valence-electron chi connectivity index (χ2n) is 5.50. The van der Waals surface area contributed by atoms with Crippen molar-refractivity contribution < 1.29 is 14.6 Å². The second-order valence-corrected chi connectivity index (χ2v) is 5.50. The summed E-state index contributed by atoms with van der Waals surface area (Å²) in [5.41, 5.74) is 0.436. The van der Waals surface area contributed by atoms with Crippen molar-refractivity contribution in [3.8, 4) is 0 Å². The normalized spacial score (nSPS) is 19.6. The van der Waals surface area contributed by atoms with E-state index in [-0.39, 0.29) is 18.7 Å². The molecule has 0 saturated carbocycles. The molecule has 1 amide bonds. The largest absolute Gasteiger partial charge is 0.444 e. The summed E-state index contributed by atoms with van der Waals surface area (Å²) in [5.74, 6) is 0. The van der Waals surface area contributed by atoms with Gasteiger partial charge < -0.3 is 14.4 Å². The Kier molecular flexibility index (Phi) is 3.34. The number of carbonyl (C=O) groups excluding carboxylic acids is 1. The van der Waals surface area contributed by atoms with Gasteiger partial charge in [0.05, 0.1) is 12.6 Å². The molecule has 1 atom stereocenters. The molecule has 5 nitrogen and oxygen atoms in total. The molecule has 0 spiro atoms. The molecule has 1 aromatic rings. The summed E-state index contributed by atoms with van der Waals surface area (Å²) < 4.78 is 7.42. The Labute approximate surface area is 107 Å². The predicted molar refractivity (Wildman–Crippen MR) is 67.2 cm³/mol. The van der Waals surface area contributed by atoms with Crippen molar-refractivity contribution in [3.63, 3.8) is 0 Å². The number of nitrogens with zero attached hydrogens (tertiary/aromatic N) is 2. The van der Waals surface area contributed by atoms with Crippen molar-refractivity contribution in [1.29, 1.82) is 0 Å². The van der Waals surface area contributed by atoms with Gasteiger partial charge in [0.25, 0.3) is 0 Å². The summed E-state index contributed by atoms with van der Waals surface area (Å²) in [5, 5.41) is 9.51. The van der Waals surface area contributed by atoms with Crippen molar-refractivity contribution in [2.45, 2.75) is 39.0 Å². The fourth-order valence-electron chi connectivity index (χ4n) is 2.20. The van der Waals surface area contributed by atoms with Gasteiger partial charge in [-0.1, -0.05) is 0 Å². The molecular formula is C13H20N2O3. The number of aromatic nitrogens is 1. The molecule has 0 aliphatic carbocycles. The number of rotatable bonds is 1. The van der Waals surface area contributed by atoms with Crippen LogP contribution in [0.4, 0.5) is 4.79 Å². The summed E-state index contributed by atoms with van der Waals surface area (Å²) in [7, 11) is 0. The molecule has 0 fully saturated rings. The van der Waals surface area contributed by atoms with Crippen molar-refractivity contribution >= 4 is 6.09 Å². The first-order chi connectivity index (χ1) is 8.42. The molecule has 1 aliphatic rings. The van der Waals surface area contributed by atoms with E-state index < -0.39 is 5.60 Å². The molecule has 100 valence electrons. The van der Waals surface area contributed by atoms with E-state index in [1.165, 1.54) is 0 Å². The van der Waals surface area contributed by atoms with Crippen LogP contribution in [0.5, 0.6) is 0 Å². The van der Waals surface area contributed by atoms with Crippen LogP contribution in [-0.4, -0.2) is 39.4 Å². The van der Waals surface area contributed by atoms with Gasteiger partial charge in [0, 0.05) is 25.0 Å². The van der Waals surface area contributed by atoms with Gasteiger partial charge in [-0.15, -0.1) is 0 Å². The van der Waals surface area contributed by atoms with Crippen molar-refractivity contribution in [3.05, 3.63) is 24.0 Å². The molecule has 0 saturated heterocycles. The highest BCUT2D eigenvalue weighted by atomic mass is 16.6. The first-order valence-corrected chi connectivity index (χ1v) is 6.18. The van der Waals surface area contributed by atoms with E-state index >= 15 is 0 Å². The maximum absolute atomic E-state index is 12.1. The van der Waals surface area contributed by atoms with Crippen LogP contribution in [-0.2, 0) is 11.3 Å². The van der Waals surface area contributed by atoms with Crippen LogP contribution >= 0.6 is 0 Å². The molecule has 1 aromatic heterocycles.